The zero-order valence-corrected chi connectivity index (χ0v) is 18.3. The van der Waals surface area contributed by atoms with Crippen molar-refractivity contribution in [2.24, 2.45) is 0 Å². The minimum absolute atomic E-state index is 0.189. The summed E-state index contributed by atoms with van der Waals surface area (Å²) in [7, 11) is 0. The third kappa shape index (κ3) is 4.70. The van der Waals surface area contributed by atoms with Crippen molar-refractivity contribution in [2.75, 3.05) is 5.75 Å². The fraction of sp³-hybridized carbons (Fsp3) is 0.154. The molecule has 0 radical (unpaired) electrons. The van der Waals surface area contributed by atoms with Crippen molar-refractivity contribution in [1.29, 1.82) is 0 Å². The van der Waals surface area contributed by atoms with Crippen LogP contribution in [0.25, 0.3) is 22.0 Å². The number of hydrogen-bond donors (Lipinski definition) is 4. The van der Waals surface area contributed by atoms with Gasteiger partial charge in [0.25, 0.3) is 0 Å². The topological polar surface area (TPSA) is 82.2 Å². The molecule has 4 rings (SSSR count). The lowest BCUT2D eigenvalue weighted by molar-refractivity contribution is -0.141. The van der Waals surface area contributed by atoms with Gasteiger partial charge < -0.3 is 15.4 Å². The normalized spacial score (nSPS) is 12.9. The van der Waals surface area contributed by atoms with Gasteiger partial charge in [0.15, 0.2) is 0 Å². The van der Waals surface area contributed by atoms with E-state index < -0.39 is 17.9 Å². The summed E-state index contributed by atoms with van der Waals surface area (Å²) in [6.45, 7) is 0. The van der Waals surface area contributed by atoms with Gasteiger partial charge in [-0.3, -0.25) is 4.79 Å². The predicted molar refractivity (Wildman–Crippen MR) is 130 cm³/mol. The number of carboxylic acids is 1. The highest BCUT2D eigenvalue weighted by molar-refractivity contribution is 7.80. The zero-order chi connectivity index (χ0) is 22.5. The minimum Gasteiger partial charge on any atom is -0.480 e. The molecule has 1 unspecified atom stereocenters. The van der Waals surface area contributed by atoms with Crippen molar-refractivity contribution in [3.8, 4) is 11.1 Å². The first-order chi connectivity index (χ1) is 15.6. The van der Waals surface area contributed by atoms with Crippen LogP contribution < -0.4 is 5.32 Å². The molecular weight excluding hydrogens is 420 g/mol. The average Bonchev–Trinajstić information content (AvgIpc) is 3.23. The molecular formula is C26H24N2O3S. The van der Waals surface area contributed by atoms with Gasteiger partial charge in [-0.05, 0) is 28.3 Å². The number of hydrogen-bond acceptors (Lipinski definition) is 3. The molecule has 162 valence electrons. The molecule has 1 aromatic heterocycles. The Morgan fingerprint density at radius 2 is 1.66 bits per heavy atom. The number of carboxylic acid groups (broad SMARTS) is 1. The van der Waals surface area contributed by atoms with E-state index in [1.807, 2.05) is 78.9 Å². The molecule has 5 nitrogen and oxygen atoms in total. The van der Waals surface area contributed by atoms with Crippen molar-refractivity contribution < 1.29 is 14.7 Å². The van der Waals surface area contributed by atoms with Gasteiger partial charge in [-0.15, -0.1) is 0 Å². The van der Waals surface area contributed by atoms with Crippen LogP contribution >= 0.6 is 12.6 Å². The predicted octanol–water partition coefficient (Wildman–Crippen LogP) is 4.66. The van der Waals surface area contributed by atoms with Crippen LogP contribution in [0, 0.1) is 0 Å². The monoisotopic (exact) mass is 444 g/mol. The third-order valence-electron chi connectivity index (χ3n) is 5.61. The summed E-state index contributed by atoms with van der Waals surface area (Å²) in [6, 6.07) is 24.3. The molecule has 3 N–H and O–H groups in total. The number of rotatable bonds is 8. The number of aromatic nitrogens is 1. The number of benzene rings is 3. The number of carbonyl (C=O) groups excluding carboxylic acids is 1. The highest BCUT2D eigenvalue weighted by Gasteiger charge is 2.27. The number of H-pyrrole nitrogens is 1. The molecule has 1 amide bonds. The van der Waals surface area contributed by atoms with Crippen molar-refractivity contribution >= 4 is 35.4 Å². The number of carbonyl (C=O) groups is 2. The van der Waals surface area contributed by atoms with Crippen molar-refractivity contribution in [1.82, 2.24) is 10.3 Å². The lowest BCUT2D eigenvalue weighted by Crippen LogP contribution is -2.44. The second-order valence-electron chi connectivity index (χ2n) is 7.69. The molecule has 2 atom stereocenters. The Balaban J connectivity index is 1.54. The van der Waals surface area contributed by atoms with Crippen LogP contribution in [0.2, 0.25) is 0 Å². The Kier molecular flexibility index (Phi) is 6.61. The van der Waals surface area contributed by atoms with Crippen molar-refractivity contribution in [2.45, 2.75) is 18.4 Å². The lowest BCUT2D eigenvalue weighted by Gasteiger charge is -2.20. The summed E-state index contributed by atoms with van der Waals surface area (Å²) >= 11 is 4.39. The van der Waals surface area contributed by atoms with Gasteiger partial charge in [-0.1, -0.05) is 72.8 Å². The lowest BCUT2D eigenvalue weighted by atomic mass is 9.95. The molecule has 0 saturated carbocycles. The maximum absolute atomic E-state index is 13.1. The van der Waals surface area contributed by atoms with E-state index in [4.69, 9.17) is 0 Å². The van der Waals surface area contributed by atoms with E-state index in [9.17, 15) is 14.7 Å². The maximum Gasteiger partial charge on any atom is 0.326 e. The first-order valence-corrected chi connectivity index (χ1v) is 11.0. The number of aromatic amines is 1. The van der Waals surface area contributed by atoms with Crippen molar-refractivity contribution in [3.05, 3.63) is 96.2 Å². The van der Waals surface area contributed by atoms with Crippen LogP contribution in [0.4, 0.5) is 0 Å². The standard InChI is InChI=1S/C26H24N2O3S/c29-25(22(16-32)19-10-6-9-18(13-19)17-7-2-1-3-8-17)28-24(26(30)31)14-20-15-27-23-12-5-4-11-21(20)23/h1-13,15,22,24,27,32H,14,16H2,(H,28,29)(H,30,31)/t22?,24-/m0/s1. The molecule has 0 spiro atoms. The number of aliphatic carboxylic acids is 1. The smallest absolute Gasteiger partial charge is 0.326 e. The van der Waals surface area contributed by atoms with E-state index in [2.05, 4.69) is 22.9 Å². The fourth-order valence-electron chi connectivity index (χ4n) is 3.90. The van der Waals surface area contributed by atoms with Crippen LogP contribution in [0.15, 0.2) is 85.1 Å². The summed E-state index contributed by atoms with van der Waals surface area (Å²) in [6.07, 6.45) is 1.99. The van der Waals surface area contributed by atoms with E-state index in [0.717, 1.165) is 33.2 Å². The van der Waals surface area contributed by atoms with Crippen LogP contribution in [-0.4, -0.2) is 33.8 Å². The summed E-state index contributed by atoms with van der Waals surface area (Å²) < 4.78 is 0. The van der Waals surface area contributed by atoms with E-state index in [-0.39, 0.29) is 18.1 Å². The van der Waals surface area contributed by atoms with Crippen LogP contribution in [0.1, 0.15) is 17.0 Å². The Bertz CT molecular complexity index is 1240. The molecule has 0 bridgehead atoms. The highest BCUT2D eigenvalue weighted by Crippen LogP contribution is 2.26. The molecule has 0 saturated heterocycles. The third-order valence-corrected chi connectivity index (χ3v) is 5.97. The fourth-order valence-corrected chi connectivity index (χ4v) is 4.27. The second kappa shape index (κ2) is 9.75. The van der Waals surface area contributed by atoms with Gasteiger partial charge in [0.05, 0.1) is 5.92 Å². The van der Waals surface area contributed by atoms with E-state index in [0.29, 0.717) is 0 Å². The van der Waals surface area contributed by atoms with Gasteiger partial charge in [0.1, 0.15) is 6.04 Å². The number of para-hydroxylation sites is 1. The SMILES string of the molecule is O=C(N[C@@H](Cc1c[nH]c2ccccc12)C(=O)O)C(CS)c1cccc(-c2ccccc2)c1. The van der Waals surface area contributed by atoms with Crippen LogP contribution in [-0.2, 0) is 16.0 Å². The maximum atomic E-state index is 13.1. The molecule has 0 aliphatic heterocycles. The van der Waals surface area contributed by atoms with E-state index in [1.54, 1.807) is 6.20 Å². The second-order valence-corrected chi connectivity index (χ2v) is 8.05. The van der Waals surface area contributed by atoms with Gasteiger partial charge in [-0.25, -0.2) is 4.79 Å². The van der Waals surface area contributed by atoms with Gasteiger partial charge >= 0.3 is 5.97 Å². The molecule has 4 aromatic rings. The van der Waals surface area contributed by atoms with Gasteiger partial charge in [-0.2, -0.15) is 12.6 Å². The Labute approximate surface area is 191 Å². The molecule has 1 heterocycles. The summed E-state index contributed by atoms with van der Waals surface area (Å²) in [4.78, 5) is 28.2. The Hall–Kier alpha value is -3.51. The molecule has 0 fully saturated rings. The average molecular weight is 445 g/mol. The number of nitrogens with one attached hydrogen (secondary N) is 2. The summed E-state index contributed by atoms with van der Waals surface area (Å²) in [5.74, 6) is -1.72. The largest absolute Gasteiger partial charge is 0.480 e. The van der Waals surface area contributed by atoms with Crippen LogP contribution in [0.3, 0.4) is 0 Å². The number of fused-ring (bicyclic) bond motifs is 1. The first kappa shape index (κ1) is 21.7. The quantitative estimate of drug-likeness (QED) is 0.298. The van der Waals surface area contributed by atoms with E-state index >= 15 is 0 Å². The summed E-state index contributed by atoms with van der Waals surface area (Å²) in [5.41, 5.74) is 4.63. The highest BCUT2D eigenvalue weighted by atomic mass is 32.1. The molecule has 32 heavy (non-hydrogen) atoms. The Morgan fingerprint density at radius 3 is 2.41 bits per heavy atom. The zero-order valence-electron chi connectivity index (χ0n) is 17.4. The van der Waals surface area contributed by atoms with Crippen molar-refractivity contribution in [3.63, 3.8) is 0 Å². The van der Waals surface area contributed by atoms with Gasteiger partial charge in [0, 0.05) is 29.3 Å². The minimum atomic E-state index is -1.07. The Morgan fingerprint density at radius 1 is 0.938 bits per heavy atom. The molecule has 0 aliphatic carbocycles. The summed E-state index contributed by atoms with van der Waals surface area (Å²) in [5, 5.41) is 13.4. The number of amides is 1. The molecule has 3 aromatic carbocycles. The molecule has 6 heteroatoms. The number of thiol groups is 1. The van der Waals surface area contributed by atoms with E-state index in [1.165, 1.54) is 0 Å². The molecule has 0 aliphatic rings. The van der Waals surface area contributed by atoms with Gasteiger partial charge in [0.2, 0.25) is 5.91 Å². The van der Waals surface area contributed by atoms with Crippen LogP contribution in [0.5, 0.6) is 0 Å². The first-order valence-electron chi connectivity index (χ1n) is 10.4.